The van der Waals surface area contributed by atoms with Gasteiger partial charge in [-0.3, -0.25) is 14.4 Å². The molecule has 1 unspecified atom stereocenters. The fourth-order valence-electron chi connectivity index (χ4n) is 4.55. The van der Waals surface area contributed by atoms with Crippen LogP contribution in [0.4, 0.5) is 5.69 Å². The number of nitrogens with zero attached hydrogens (tertiary/aromatic N) is 1. The first-order valence-corrected chi connectivity index (χ1v) is 13.9. The van der Waals surface area contributed by atoms with Crippen molar-refractivity contribution in [2.75, 3.05) is 30.3 Å². The second-order valence-corrected chi connectivity index (χ2v) is 10.4. The van der Waals surface area contributed by atoms with Gasteiger partial charge in [-0.2, -0.15) is 0 Å². The summed E-state index contributed by atoms with van der Waals surface area (Å²) < 4.78 is 0. The molecule has 3 aromatic rings. The monoisotopic (exact) mass is 570 g/mol. The van der Waals surface area contributed by atoms with Crippen LogP contribution in [0.5, 0.6) is 0 Å². The summed E-state index contributed by atoms with van der Waals surface area (Å²) in [5.41, 5.74) is 7.29. The highest BCUT2D eigenvalue weighted by atomic mass is 35.5. The van der Waals surface area contributed by atoms with Crippen LogP contribution in [-0.2, 0) is 20.8 Å². The maximum Gasteiger partial charge on any atom is 0.243 e. The van der Waals surface area contributed by atoms with Gasteiger partial charge >= 0.3 is 0 Å². The average Bonchev–Trinajstić information content (AvgIpc) is 3.09. The summed E-state index contributed by atoms with van der Waals surface area (Å²) in [6.07, 6.45) is 0.523. The molecule has 1 aliphatic heterocycles. The summed E-state index contributed by atoms with van der Waals surface area (Å²) in [6, 6.07) is 20.8. The molecule has 39 heavy (non-hydrogen) atoms. The summed E-state index contributed by atoms with van der Waals surface area (Å²) in [6.45, 7) is 0.454. The van der Waals surface area contributed by atoms with E-state index in [2.05, 4.69) is 10.6 Å². The van der Waals surface area contributed by atoms with Crippen molar-refractivity contribution in [1.29, 1.82) is 0 Å². The zero-order valence-electron chi connectivity index (χ0n) is 21.7. The van der Waals surface area contributed by atoms with E-state index in [9.17, 15) is 19.5 Å². The van der Waals surface area contributed by atoms with E-state index in [1.54, 1.807) is 16.7 Å². The molecular formula is C29H35ClN4O4S. The lowest BCUT2D eigenvalue weighted by atomic mass is 9.98. The molecule has 0 fully saturated rings. The third-order valence-electron chi connectivity index (χ3n) is 6.56. The predicted molar refractivity (Wildman–Crippen MR) is 158 cm³/mol. The van der Waals surface area contributed by atoms with Crippen molar-refractivity contribution < 1.29 is 19.5 Å². The lowest BCUT2D eigenvalue weighted by Crippen LogP contribution is -2.50. The lowest BCUT2D eigenvalue weighted by Gasteiger charge is -2.23. The van der Waals surface area contributed by atoms with E-state index in [0.29, 0.717) is 25.8 Å². The number of rotatable bonds is 11. The molecule has 3 aromatic carbocycles. The van der Waals surface area contributed by atoms with Crippen LogP contribution >= 0.6 is 24.2 Å². The Balaban J connectivity index is 0.00000420. The second kappa shape index (κ2) is 14.9. The predicted octanol–water partition coefficient (Wildman–Crippen LogP) is 3.03. The Morgan fingerprint density at radius 1 is 1.05 bits per heavy atom. The molecule has 4 rings (SSSR count). The Morgan fingerprint density at radius 2 is 1.79 bits per heavy atom. The number of benzene rings is 3. The van der Waals surface area contributed by atoms with Crippen molar-refractivity contribution in [2.45, 2.75) is 42.7 Å². The van der Waals surface area contributed by atoms with Crippen molar-refractivity contribution in [3.8, 4) is 0 Å². The van der Waals surface area contributed by atoms with Crippen LogP contribution in [0.2, 0.25) is 0 Å². The van der Waals surface area contributed by atoms with E-state index in [1.807, 2.05) is 66.7 Å². The second-order valence-electron chi connectivity index (χ2n) is 9.31. The number of thioether (sulfide) groups is 1. The first-order chi connectivity index (χ1) is 18.5. The molecule has 0 spiro atoms. The third-order valence-corrected chi connectivity index (χ3v) is 7.62. The van der Waals surface area contributed by atoms with Crippen molar-refractivity contribution in [3.05, 3.63) is 72.3 Å². The number of carbonyl (C=O) groups excluding carboxylic acids is 3. The van der Waals surface area contributed by atoms with E-state index < -0.39 is 12.1 Å². The van der Waals surface area contributed by atoms with E-state index in [1.165, 1.54) is 0 Å². The summed E-state index contributed by atoms with van der Waals surface area (Å²) in [4.78, 5) is 41.6. The third kappa shape index (κ3) is 8.19. The molecule has 5 N–H and O–H groups in total. The number of hydrogen-bond donors (Lipinski definition) is 4. The standard InChI is InChI=1S/C29H34N4O4S.ClH/c30-18-22(34)19-31-29(37)24(17-21-9-5-8-20-7-1-2-10-23(20)21)32-27(35)13-6-15-33-25-11-3-4-12-26(25)38-16-14-28(33)36;/h1-5,7-12,22,24,34H,6,13-19,30H2,(H,31,37)(H,32,35);1H/t22-,24?;/m1./s1. The van der Waals surface area contributed by atoms with Gasteiger partial charge in [0, 0.05) is 49.5 Å². The Bertz CT molecular complexity index is 1290. The molecule has 0 saturated carbocycles. The van der Waals surface area contributed by atoms with Crippen molar-refractivity contribution in [2.24, 2.45) is 5.73 Å². The van der Waals surface area contributed by atoms with Crippen LogP contribution in [0, 0.1) is 0 Å². The quantitative estimate of drug-likeness (QED) is 0.281. The summed E-state index contributed by atoms with van der Waals surface area (Å²) >= 11 is 1.67. The van der Waals surface area contributed by atoms with Gasteiger partial charge in [0.05, 0.1) is 11.8 Å². The van der Waals surface area contributed by atoms with Crippen LogP contribution in [0.25, 0.3) is 10.8 Å². The maximum absolute atomic E-state index is 13.0. The van der Waals surface area contributed by atoms with Gasteiger partial charge < -0.3 is 26.4 Å². The minimum atomic E-state index is -0.861. The molecule has 2 atom stereocenters. The van der Waals surface area contributed by atoms with Gasteiger partial charge in [0.2, 0.25) is 17.7 Å². The molecule has 1 aliphatic rings. The number of fused-ring (bicyclic) bond motifs is 2. The summed E-state index contributed by atoms with van der Waals surface area (Å²) in [5, 5.41) is 17.4. The van der Waals surface area contributed by atoms with Gasteiger partial charge in [0.15, 0.2) is 0 Å². The molecule has 8 nitrogen and oxygen atoms in total. The Morgan fingerprint density at radius 3 is 2.62 bits per heavy atom. The first-order valence-electron chi connectivity index (χ1n) is 12.9. The van der Waals surface area contributed by atoms with Gasteiger partial charge in [0.25, 0.3) is 0 Å². The number of aliphatic hydroxyl groups excluding tert-OH is 1. The van der Waals surface area contributed by atoms with Crippen molar-refractivity contribution >= 4 is 58.4 Å². The van der Waals surface area contributed by atoms with E-state index in [-0.39, 0.29) is 49.6 Å². The molecule has 3 amide bonds. The van der Waals surface area contributed by atoms with Crippen molar-refractivity contribution in [3.63, 3.8) is 0 Å². The average molecular weight is 571 g/mol. The van der Waals surface area contributed by atoms with Gasteiger partial charge in [-0.25, -0.2) is 0 Å². The highest BCUT2D eigenvalue weighted by Gasteiger charge is 2.24. The summed E-state index contributed by atoms with van der Waals surface area (Å²) in [7, 11) is 0. The fourth-order valence-corrected chi connectivity index (χ4v) is 5.55. The van der Waals surface area contributed by atoms with Crippen LogP contribution in [0.15, 0.2) is 71.6 Å². The van der Waals surface area contributed by atoms with Gasteiger partial charge in [-0.1, -0.05) is 54.6 Å². The van der Waals surface area contributed by atoms with Crippen molar-refractivity contribution in [1.82, 2.24) is 10.6 Å². The molecule has 0 aromatic heterocycles. The number of anilines is 1. The molecule has 0 bridgehead atoms. The largest absolute Gasteiger partial charge is 0.390 e. The van der Waals surface area contributed by atoms with E-state index in [4.69, 9.17) is 5.73 Å². The van der Waals surface area contributed by atoms with Crippen LogP contribution in [0.1, 0.15) is 24.8 Å². The van der Waals surface area contributed by atoms with E-state index >= 15 is 0 Å². The number of aliphatic hydroxyl groups is 1. The number of para-hydroxylation sites is 1. The molecule has 10 heteroatoms. The highest BCUT2D eigenvalue weighted by molar-refractivity contribution is 7.99. The normalized spacial score (nSPS) is 14.5. The SMILES string of the molecule is Cl.NC[C@@H](O)CNC(=O)C(Cc1cccc2ccccc12)NC(=O)CCCN1C(=O)CCSc2ccccc21. The Labute approximate surface area is 239 Å². The highest BCUT2D eigenvalue weighted by Crippen LogP contribution is 2.34. The molecular weight excluding hydrogens is 536 g/mol. The number of nitrogens with two attached hydrogens (primary N) is 1. The minimum absolute atomic E-state index is 0. The molecule has 0 saturated heterocycles. The lowest BCUT2D eigenvalue weighted by molar-refractivity contribution is -0.129. The molecule has 208 valence electrons. The minimum Gasteiger partial charge on any atom is -0.390 e. The maximum atomic E-state index is 13.0. The van der Waals surface area contributed by atoms with Gasteiger partial charge in [0.1, 0.15) is 6.04 Å². The van der Waals surface area contributed by atoms with Gasteiger partial charge in [-0.05, 0) is 34.9 Å². The smallest absolute Gasteiger partial charge is 0.243 e. The zero-order valence-corrected chi connectivity index (χ0v) is 23.3. The molecule has 1 heterocycles. The fraction of sp³-hybridized carbons (Fsp3) is 0.345. The number of nitrogens with one attached hydrogen (secondary N) is 2. The summed E-state index contributed by atoms with van der Waals surface area (Å²) in [5.74, 6) is 0.132. The van der Waals surface area contributed by atoms with Crippen LogP contribution < -0.4 is 21.3 Å². The molecule has 0 aliphatic carbocycles. The number of halogens is 1. The number of carbonyl (C=O) groups is 3. The van der Waals surface area contributed by atoms with E-state index in [0.717, 1.165) is 32.7 Å². The molecule has 0 radical (unpaired) electrons. The van der Waals surface area contributed by atoms with Crippen LogP contribution in [0.3, 0.4) is 0 Å². The van der Waals surface area contributed by atoms with Gasteiger partial charge in [-0.15, -0.1) is 24.2 Å². The topological polar surface area (TPSA) is 125 Å². The Hall–Kier alpha value is -3.11. The zero-order chi connectivity index (χ0) is 26.9. The first kappa shape index (κ1) is 30.4. The number of hydrogen-bond acceptors (Lipinski definition) is 6. The Kier molecular flexibility index (Phi) is 11.6. The van der Waals surface area contributed by atoms with Crippen LogP contribution in [-0.4, -0.2) is 60.4 Å². The number of amides is 3.